The standard InChI is InChI=1S/C19H23N3O2/c20-19(21-13-14-6-4-11-18(14)23)22-15-7-5-10-17(12-15)24-16-8-2-1-3-9-16/h1-3,5,7-10,12,14,18,23H,4,6,11,13H2,(H3,20,21,22)/t14-,18+/m1/s1. The predicted molar refractivity (Wildman–Crippen MR) is 96.4 cm³/mol. The molecule has 1 aliphatic rings. The zero-order chi connectivity index (χ0) is 16.8. The Kier molecular flexibility index (Phi) is 5.33. The molecule has 0 saturated heterocycles. The van der Waals surface area contributed by atoms with Crippen molar-refractivity contribution in [3.8, 4) is 11.5 Å². The maximum absolute atomic E-state index is 9.82. The highest BCUT2D eigenvalue weighted by Gasteiger charge is 2.24. The van der Waals surface area contributed by atoms with E-state index in [-0.39, 0.29) is 12.0 Å². The molecule has 126 valence electrons. The van der Waals surface area contributed by atoms with E-state index in [9.17, 15) is 5.11 Å². The van der Waals surface area contributed by atoms with E-state index in [0.29, 0.717) is 12.5 Å². The van der Waals surface area contributed by atoms with Gasteiger partial charge in [-0.05, 0) is 37.1 Å². The SMILES string of the molecule is NC(=NC[C@H]1CCC[C@@H]1O)Nc1cccc(Oc2ccccc2)c1. The van der Waals surface area contributed by atoms with Crippen molar-refractivity contribution in [1.29, 1.82) is 0 Å². The van der Waals surface area contributed by atoms with Crippen LogP contribution < -0.4 is 15.8 Å². The molecule has 0 radical (unpaired) electrons. The normalized spacial score (nSPS) is 20.8. The second-order valence-electron chi connectivity index (χ2n) is 6.05. The number of nitrogens with two attached hydrogens (primary N) is 1. The minimum atomic E-state index is -0.246. The molecule has 2 atom stereocenters. The molecule has 0 heterocycles. The third-order valence-electron chi connectivity index (χ3n) is 4.20. The van der Waals surface area contributed by atoms with Crippen LogP contribution in [-0.2, 0) is 0 Å². The Morgan fingerprint density at radius 2 is 1.92 bits per heavy atom. The van der Waals surface area contributed by atoms with Gasteiger partial charge in [-0.2, -0.15) is 0 Å². The largest absolute Gasteiger partial charge is 0.457 e. The van der Waals surface area contributed by atoms with Crippen molar-refractivity contribution in [2.75, 3.05) is 11.9 Å². The molecule has 1 saturated carbocycles. The van der Waals surface area contributed by atoms with Gasteiger partial charge in [0.15, 0.2) is 5.96 Å². The van der Waals surface area contributed by atoms with E-state index >= 15 is 0 Å². The van der Waals surface area contributed by atoms with Gasteiger partial charge in [0.2, 0.25) is 0 Å². The maximum atomic E-state index is 9.82. The summed E-state index contributed by atoms with van der Waals surface area (Å²) in [6, 6.07) is 17.2. The molecule has 0 spiro atoms. The van der Waals surface area contributed by atoms with E-state index in [1.807, 2.05) is 54.6 Å². The molecule has 5 nitrogen and oxygen atoms in total. The number of hydrogen-bond donors (Lipinski definition) is 3. The molecule has 5 heteroatoms. The van der Waals surface area contributed by atoms with Crippen molar-refractivity contribution in [3.63, 3.8) is 0 Å². The number of nitrogens with zero attached hydrogens (tertiary/aromatic N) is 1. The first-order valence-electron chi connectivity index (χ1n) is 8.29. The van der Waals surface area contributed by atoms with Crippen LogP contribution in [-0.4, -0.2) is 23.7 Å². The highest BCUT2D eigenvalue weighted by atomic mass is 16.5. The first-order valence-corrected chi connectivity index (χ1v) is 8.29. The number of guanidine groups is 1. The Bertz CT molecular complexity index is 688. The van der Waals surface area contributed by atoms with Crippen LogP contribution in [0.3, 0.4) is 0 Å². The fraction of sp³-hybridized carbons (Fsp3) is 0.316. The second-order valence-corrected chi connectivity index (χ2v) is 6.05. The van der Waals surface area contributed by atoms with Crippen molar-refractivity contribution in [2.45, 2.75) is 25.4 Å². The van der Waals surface area contributed by atoms with Crippen molar-refractivity contribution in [1.82, 2.24) is 0 Å². The van der Waals surface area contributed by atoms with Crippen LogP contribution in [0.1, 0.15) is 19.3 Å². The number of para-hydroxylation sites is 1. The third-order valence-corrected chi connectivity index (χ3v) is 4.20. The molecule has 0 bridgehead atoms. The summed E-state index contributed by atoms with van der Waals surface area (Å²) >= 11 is 0. The molecule has 2 aromatic rings. The average molecular weight is 325 g/mol. The molecule has 0 aliphatic heterocycles. The lowest BCUT2D eigenvalue weighted by molar-refractivity contribution is 0.137. The van der Waals surface area contributed by atoms with Crippen LogP contribution in [0.4, 0.5) is 5.69 Å². The Hall–Kier alpha value is -2.53. The van der Waals surface area contributed by atoms with Crippen molar-refractivity contribution < 1.29 is 9.84 Å². The van der Waals surface area contributed by atoms with Gasteiger partial charge in [0, 0.05) is 24.2 Å². The number of benzene rings is 2. The number of anilines is 1. The monoisotopic (exact) mass is 325 g/mol. The summed E-state index contributed by atoms with van der Waals surface area (Å²) in [5, 5.41) is 12.9. The molecule has 0 aromatic heterocycles. The quantitative estimate of drug-likeness (QED) is 0.582. The zero-order valence-electron chi connectivity index (χ0n) is 13.6. The minimum Gasteiger partial charge on any atom is -0.457 e. The number of nitrogens with one attached hydrogen (secondary N) is 1. The van der Waals surface area contributed by atoms with Gasteiger partial charge < -0.3 is 20.9 Å². The summed E-state index contributed by atoms with van der Waals surface area (Å²) in [6.07, 6.45) is 2.70. The van der Waals surface area contributed by atoms with Gasteiger partial charge in [-0.25, -0.2) is 0 Å². The fourth-order valence-corrected chi connectivity index (χ4v) is 2.90. The lowest BCUT2D eigenvalue weighted by atomic mass is 10.1. The first kappa shape index (κ1) is 16.3. The summed E-state index contributed by atoms with van der Waals surface area (Å²) in [7, 11) is 0. The molecule has 3 rings (SSSR count). The van der Waals surface area contributed by atoms with Gasteiger partial charge >= 0.3 is 0 Å². The van der Waals surface area contributed by atoms with Gasteiger partial charge in [0.1, 0.15) is 11.5 Å². The number of ether oxygens (including phenoxy) is 1. The minimum absolute atomic E-state index is 0.220. The van der Waals surface area contributed by atoms with Gasteiger partial charge in [-0.1, -0.05) is 30.7 Å². The van der Waals surface area contributed by atoms with E-state index < -0.39 is 0 Å². The second kappa shape index (κ2) is 7.84. The van der Waals surface area contributed by atoms with Crippen molar-refractivity contribution >= 4 is 11.6 Å². The van der Waals surface area contributed by atoms with Crippen LogP contribution in [0.15, 0.2) is 59.6 Å². The highest BCUT2D eigenvalue weighted by molar-refractivity contribution is 5.92. The smallest absolute Gasteiger partial charge is 0.193 e. The number of aliphatic hydroxyl groups excluding tert-OH is 1. The molecular weight excluding hydrogens is 302 g/mol. The third kappa shape index (κ3) is 4.49. The van der Waals surface area contributed by atoms with Crippen LogP contribution in [0.5, 0.6) is 11.5 Å². The summed E-state index contributed by atoms with van der Waals surface area (Å²) < 4.78 is 5.80. The van der Waals surface area contributed by atoms with E-state index in [1.165, 1.54) is 0 Å². The molecule has 0 unspecified atom stereocenters. The number of hydrogen-bond acceptors (Lipinski definition) is 3. The molecule has 1 fully saturated rings. The number of rotatable bonds is 5. The fourth-order valence-electron chi connectivity index (χ4n) is 2.90. The van der Waals surface area contributed by atoms with E-state index in [2.05, 4.69) is 10.3 Å². The molecule has 0 amide bonds. The van der Waals surface area contributed by atoms with Crippen molar-refractivity contribution in [2.24, 2.45) is 16.6 Å². The topological polar surface area (TPSA) is 79.9 Å². The Morgan fingerprint density at radius 1 is 1.12 bits per heavy atom. The molecule has 24 heavy (non-hydrogen) atoms. The molecular formula is C19H23N3O2. The summed E-state index contributed by atoms with van der Waals surface area (Å²) in [5.74, 6) is 2.08. The van der Waals surface area contributed by atoms with Gasteiger partial charge in [-0.15, -0.1) is 0 Å². The van der Waals surface area contributed by atoms with Crippen LogP contribution >= 0.6 is 0 Å². The van der Waals surface area contributed by atoms with Crippen LogP contribution in [0.25, 0.3) is 0 Å². The van der Waals surface area contributed by atoms with Gasteiger partial charge in [0.05, 0.1) is 6.10 Å². The lowest BCUT2D eigenvalue weighted by Gasteiger charge is -2.12. The molecule has 2 aromatic carbocycles. The predicted octanol–water partition coefficient (Wildman–Crippen LogP) is 3.37. The highest BCUT2D eigenvalue weighted by Crippen LogP contribution is 2.26. The summed E-state index contributed by atoms with van der Waals surface area (Å²) in [4.78, 5) is 4.35. The van der Waals surface area contributed by atoms with Crippen LogP contribution in [0.2, 0.25) is 0 Å². The first-order chi connectivity index (χ1) is 11.7. The molecule has 1 aliphatic carbocycles. The number of aliphatic imine (C=N–C) groups is 1. The average Bonchev–Trinajstić information content (AvgIpc) is 2.99. The zero-order valence-corrected chi connectivity index (χ0v) is 13.6. The Balaban J connectivity index is 1.59. The van der Waals surface area contributed by atoms with Gasteiger partial charge in [-0.3, -0.25) is 4.99 Å². The Morgan fingerprint density at radius 3 is 2.67 bits per heavy atom. The maximum Gasteiger partial charge on any atom is 0.193 e. The number of aliphatic hydroxyl groups is 1. The van der Waals surface area contributed by atoms with E-state index in [1.54, 1.807) is 0 Å². The summed E-state index contributed by atoms with van der Waals surface area (Å²) in [6.45, 7) is 0.556. The van der Waals surface area contributed by atoms with E-state index in [4.69, 9.17) is 10.5 Å². The van der Waals surface area contributed by atoms with Crippen LogP contribution in [0, 0.1) is 5.92 Å². The van der Waals surface area contributed by atoms with E-state index in [0.717, 1.165) is 36.4 Å². The Labute approximate surface area is 142 Å². The van der Waals surface area contributed by atoms with Crippen molar-refractivity contribution in [3.05, 3.63) is 54.6 Å². The summed E-state index contributed by atoms with van der Waals surface area (Å²) in [5.41, 5.74) is 6.76. The molecule has 4 N–H and O–H groups in total. The van der Waals surface area contributed by atoms with Gasteiger partial charge in [0.25, 0.3) is 0 Å². The lowest BCUT2D eigenvalue weighted by Crippen LogP contribution is -2.25.